The largest absolute Gasteiger partial charge is 0.496 e. The first kappa shape index (κ1) is 12.6. The van der Waals surface area contributed by atoms with Crippen LogP contribution < -0.4 is 9.04 Å². The number of ether oxygens (including phenoxy) is 1. The van der Waals surface area contributed by atoms with Crippen LogP contribution in [0, 0.1) is 10.1 Å². The zero-order valence-electron chi connectivity index (χ0n) is 9.91. The first-order valence-electron chi connectivity index (χ1n) is 5.18. The molecule has 1 aliphatic rings. The minimum atomic E-state index is -3.52. The van der Waals surface area contributed by atoms with Gasteiger partial charge >= 0.3 is 0 Å². The lowest BCUT2D eigenvalue weighted by atomic mass is 10.1. The van der Waals surface area contributed by atoms with Gasteiger partial charge in [0.1, 0.15) is 11.4 Å². The molecule has 0 bridgehead atoms. The molecule has 0 fully saturated rings. The Morgan fingerprint density at radius 1 is 1.44 bits per heavy atom. The molecule has 2 rings (SSSR count). The molecule has 0 saturated heterocycles. The van der Waals surface area contributed by atoms with Gasteiger partial charge in [0.05, 0.1) is 18.3 Å². The van der Waals surface area contributed by atoms with Crippen molar-refractivity contribution in [1.82, 2.24) is 0 Å². The number of nitrogens with zero attached hydrogens (tertiary/aromatic N) is 2. The van der Waals surface area contributed by atoms with E-state index in [1.807, 2.05) is 0 Å². The summed E-state index contributed by atoms with van der Waals surface area (Å²) in [7, 11) is -2.07. The average Bonchev–Trinajstić information content (AvgIpc) is 2.71. The molecule has 0 radical (unpaired) electrons. The number of nitro groups is 1. The van der Waals surface area contributed by atoms with Crippen molar-refractivity contribution in [2.24, 2.45) is 0 Å². The first-order chi connectivity index (χ1) is 8.36. The normalized spacial score (nSPS) is 14.4. The Kier molecular flexibility index (Phi) is 2.89. The summed E-state index contributed by atoms with van der Waals surface area (Å²) >= 11 is 0. The lowest BCUT2D eigenvalue weighted by Crippen LogP contribution is -2.28. The van der Waals surface area contributed by atoms with Gasteiger partial charge in [-0.25, -0.2) is 8.42 Å². The van der Waals surface area contributed by atoms with E-state index in [1.54, 1.807) is 0 Å². The minimum Gasteiger partial charge on any atom is -0.496 e. The fraction of sp³-hybridized carbons (Fsp3) is 0.400. The summed E-state index contributed by atoms with van der Waals surface area (Å²) in [5, 5.41) is 11.0. The third-order valence-corrected chi connectivity index (χ3v) is 4.02. The SMILES string of the molecule is COc1ccc([N+](=O)[O-])c2c1CCN2S(C)(=O)=O. The Balaban J connectivity index is 2.71. The minimum absolute atomic E-state index is 0.127. The zero-order valence-corrected chi connectivity index (χ0v) is 10.7. The van der Waals surface area contributed by atoms with Crippen LogP contribution in [-0.4, -0.2) is 33.3 Å². The number of anilines is 1. The van der Waals surface area contributed by atoms with Crippen LogP contribution in [0.3, 0.4) is 0 Å². The molecule has 98 valence electrons. The van der Waals surface area contributed by atoms with Crippen LogP contribution in [0.25, 0.3) is 0 Å². The highest BCUT2D eigenvalue weighted by Crippen LogP contribution is 2.43. The molecule has 0 atom stereocenters. The van der Waals surface area contributed by atoms with E-state index in [0.717, 1.165) is 10.6 Å². The summed E-state index contributed by atoms with van der Waals surface area (Å²) in [6, 6.07) is 2.75. The smallest absolute Gasteiger partial charge is 0.294 e. The maximum Gasteiger partial charge on any atom is 0.294 e. The van der Waals surface area contributed by atoms with Crippen molar-refractivity contribution in [3.8, 4) is 5.75 Å². The highest BCUT2D eigenvalue weighted by molar-refractivity contribution is 7.92. The molecule has 0 aromatic heterocycles. The van der Waals surface area contributed by atoms with Crippen molar-refractivity contribution in [2.75, 3.05) is 24.2 Å². The molecule has 1 aliphatic heterocycles. The van der Waals surface area contributed by atoms with Gasteiger partial charge in [0.15, 0.2) is 0 Å². The van der Waals surface area contributed by atoms with Crippen molar-refractivity contribution in [3.63, 3.8) is 0 Å². The van der Waals surface area contributed by atoms with E-state index in [0.29, 0.717) is 17.7 Å². The highest BCUT2D eigenvalue weighted by atomic mass is 32.2. The molecule has 0 spiro atoms. The van der Waals surface area contributed by atoms with Crippen LogP contribution in [0.5, 0.6) is 5.75 Å². The van der Waals surface area contributed by atoms with E-state index in [-0.39, 0.29) is 17.9 Å². The average molecular weight is 272 g/mol. The molecule has 0 saturated carbocycles. The van der Waals surface area contributed by atoms with E-state index in [9.17, 15) is 18.5 Å². The summed E-state index contributed by atoms with van der Waals surface area (Å²) in [4.78, 5) is 10.4. The number of fused-ring (bicyclic) bond motifs is 1. The van der Waals surface area contributed by atoms with Gasteiger partial charge in [-0.05, 0) is 12.5 Å². The Hall–Kier alpha value is -1.83. The Labute approximate surface area is 104 Å². The summed E-state index contributed by atoms with van der Waals surface area (Å²) < 4.78 is 29.4. The maximum atomic E-state index is 11.6. The van der Waals surface area contributed by atoms with Crippen molar-refractivity contribution in [2.45, 2.75) is 6.42 Å². The molecule has 0 amide bonds. The van der Waals surface area contributed by atoms with Crippen LogP contribution in [0.15, 0.2) is 12.1 Å². The molecular weight excluding hydrogens is 260 g/mol. The van der Waals surface area contributed by atoms with Gasteiger partial charge in [0.2, 0.25) is 10.0 Å². The molecule has 0 aliphatic carbocycles. The molecule has 18 heavy (non-hydrogen) atoms. The standard InChI is InChI=1S/C10H12N2O5S/c1-17-9-4-3-8(12(13)14)10-7(9)5-6-11(10)18(2,15)16/h3-4H,5-6H2,1-2H3. The van der Waals surface area contributed by atoms with Crippen molar-refractivity contribution in [3.05, 3.63) is 27.8 Å². The predicted octanol–water partition coefficient (Wildman–Crippen LogP) is 0.925. The number of hydrogen-bond acceptors (Lipinski definition) is 5. The van der Waals surface area contributed by atoms with Gasteiger partial charge in [-0.15, -0.1) is 0 Å². The lowest BCUT2D eigenvalue weighted by molar-refractivity contribution is -0.384. The number of nitro benzene ring substituents is 1. The highest BCUT2D eigenvalue weighted by Gasteiger charge is 2.35. The van der Waals surface area contributed by atoms with Crippen molar-refractivity contribution in [1.29, 1.82) is 0 Å². The van der Waals surface area contributed by atoms with Gasteiger partial charge in [0, 0.05) is 18.2 Å². The van der Waals surface area contributed by atoms with Gasteiger partial charge in [0.25, 0.3) is 5.69 Å². The van der Waals surface area contributed by atoms with Gasteiger partial charge in [-0.3, -0.25) is 14.4 Å². The van der Waals surface area contributed by atoms with E-state index < -0.39 is 14.9 Å². The van der Waals surface area contributed by atoms with E-state index in [1.165, 1.54) is 19.2 Å². The maximum absolute atomic E-state index is 11.6. The number of hydrogen-bond donors (Lipinski definition) is 0. The quantitative estimate of drug-likeness (QED) is 0.603. The van der Waals surface area contributed by atoms with Crippen molar-refractivity contribution >= 4 is 21.4 Å². The van der Waals surface area contributed by atoms with Crippen LogP contribution >= 0.6 is 0 Å². The van der Waals surface area contributed by atoms with Crippen LogP contribution in [0.1, 0.15) is 5.56 Å². The van der Waals surface area contributed by atoms with E-state index in [2.05, 4.69) is 0 Å². The summed E-state index contributed by atoms with van der Waals surface area (Å²) in [6.45, 7) is 0.204. The molecule has 0 N–H and O–H groups in total. The van der Waals surface area contributed by atoms with Gasteiger partial charge in [-0.1, -0.05) is 0 Å². The second-order valence-corrected chi connectivity index (χ2v) is 5.86. The molecular formula is C10H12N2O5S. The fourth-order valence-electron chi connectivity index (χ4n) is 2.12. The Bertz CT molecular complexity index is 611. The topological polar surface area (TPSA) is 89.8 Å². The van der Waals surface area contributed by atoms with Crippen molar-refractivity contribution < 1.29 is 18.1 Å². The monoisotopic (exact) mass is 272 g/mol. The van der Waals surface area contributed by atoms with E-state index in [4.69, 9.17) is 4.74 Å². The van der Waals surface area contributed by atoms with Gasteiger partial charge < -0.3 is 4.74 Å². The molecule has 1 heterocycles. The summed E-state index contributed by atoms with van der Waals surface area (Å²) in [5.74, 6) is 0.474. The lowest BCUT2D eigenvalue weighted by Gasteiger charge is -2.16. The molecule has 8 heteroatoms. The predicted molar refractivity (Wildman–Crippen MR) is 65.5 cm³/mol. The Morgan fingerprint density at radius 3 is 2.61 bits per heavy atom. The second kappa shape index (κ2) is 4.13. The zero-order chi connectivity index (χ0) is 13.5. The number of benzene rings is 1. The van der Waals surface area contributed by atoms with E-state index >= 15 is 0 Å². The fourth-order valence-corrected chi connectivity index (χ4v) is 3.08. The van der Waals surface area contributed by atoms with Crippen LogP contribution in [0.4, 0.5) is 11.4 Å². The van der Waals surface area contributed by atoms with Crippen LogP contribution in [-0.2, 0) is 16.4 Å². The second-order valence-electron chi connectivity index (χ2n) is 3.96. The third-order valence-electron chi connectivity index (χ3n) is 2.85. The first-order valence-corrected chi connectivity index (χ1v) is 7.03. The molecule has 1 aromatic rings. The summed E-state index contributed by atoms with van der Waals surface area (Å²) in [5.41, 5.74) is 0.479. The van der Waals surface area contributed by atoms with Gasteiger partial charge in [-0.2, -0.15) is 0 Å². The third kappa shape index (κ3) is 1.88. The molecule has 0 unspecified atom stereocenters. The molecule has 7 nitrogen and oxygen atoms in total. The summed E-state index contributed by atoms with van der Waals surface area (Å²) in [6.07, 6.45) is 1.44. The Morgan fingerprint density at radius 2 is 2.11 bits per heavy atom. The number of rotatable bonds is 3. The number of methoxy groups -OCH3 is 1. The van der Waals surface area contributed by atoms with Crippen LogP contribution in [0.2, 0.25) is 0 Å². The number of sulfonamides is 1. The molecule has 1 aromatic carbocycles.